The number of aliphatic hydroxyl groups is 1. The van der Waals surface area contributed by atoms with Gasteiger partial charge in [-0.25, -0.2) is 0 Å². The van der Waals surface area contributed by atoms with Crippen molar-refractivity contribution in [1.82, 2.24) is 4.90 Å². The highest BCUT2D eigenvalue weighted by Gasteiger charge is 2.66. The molecule has 11 heteroatoms. The average molecular weight is 530 g/mol. The monoisotopic (exact) mass is 530 g/mol. The average Bonchev–Trinajstić information content (AvgIpc) is 3.12. The molecular weight excluding hydrogens is 508 g/mol. The van der Waals surface area contributed by atoms with Crippen LogP contribution in [0.2, 0.25) is 0 Å². The SMILES string of the molecule is NC(=O)C1C(=O)C[C@@H]2C[C@@H]3Cc4ccc(CN5C(=O)c6ccccc6C5=O)c(O)c4C(=O)C3C(=O)[C@]2(O)C1=O. The number of imide groups is 1. The van der Waals surface area contributed by atoms with Gasteiger partial charge in [-0.15, -0.1) is 0 Å². The minimum Gasteiger partial charge on any atom is -0.507 e. The Hall–Kier alpha value is -4.51. The van der Waals surface area contributed by atoms with Crippen LogP contribution < -0.4 is 5.73 Å². The molecule has 2 saturated carbocycles. The number of aromatic hydroxyl groups is 1. The summed E-state index contributed by atoms with van der Waals surface area (Å²) in [7, 11) is 0. The second kappa shape index (κ2) is 8.24. The van der Waals surface area contributed by atoms with Crippen LogP contribution in [0.3, 0.4) is 0 Å². The van der Waals surface area contributed by atoms with Crippen molar-refractivity contribution in [1.29, 1.82) is 0 Å². The Morgan fingerprint density at radius 1 is 0.949 bits per heavy atom. The summed E-state index contributed by atoms with van der Waals surface area (Å²) in [5.41, 5.74) is 3.24. The van der Waals surface area contributed by atoms with E-state index in [2.05, 4.69) is 0 Å². The predicted molar refractivity (Wildman–Crippen MR) is 129 cm³/mol. The second-order valence-corrected chi connectivity index (χ2v) is 10.6. The van der Waals surface area contributed by atoms with E-state index in [-0.39, 0.29) is 41.6 Å². The number of fused-ring (bicyclic) bond motifs is 4. The Bertz CT molecular complexity index is 1540. The molecule has 5 atom stereocenters. The fourth-order valence-corrected chi connectivity index (χ4v) is 6.67. The minimum absolute atomic E-state index is 0.00139. The first-order chi connectivity index (χ1) is 18.5. The van der Waals surface area contributed by atoms with Gasteiger partial charge in [0, 0.05) is 17.9 Å². The maximum atomic E-state index is 13.7. The third kappa shape index (κ3) is 3.22. The number of phenols is 1. The van der Waals surface area contributed by atoms with Crippen LogP contribution in [0.25, 0.3) is 0 Å². The third-order valence-electron chi connectivity index (χ3n) is 8.56. The topological polar surface area (TPSA) is 189 Å². The van der Waals surface area contributed by atoms with Gasteiger partial charge in [-0.1, -0.05) is 24.3 Å². The summed E-state index contributed by atoms with van der Waals surface area (Å²) < 4.78 is 0. The zero-order chi connectivity index (χ0) is 28.0. The molecule has 2 aromatic rings. The highest BCUT2D eigenvalue weighted by atomic mass is 16.3. The molecule has 1 heterocycles. The summed E-state index contributed by atoms with van der Waals surface area (Å²) in [6.45, 7) is -0.326. The van der Waals surface area contributed by atoms with Crippen molar-refractivity contribution in [3.05, 3.63) is 64.2 Å². The summed E-state index contributed by atoms with van der Waals surface area (Å²) in [5, 5.41) is 22.4. The number of amides is 3. The number of Topliss-reactive ketones (excluding diaryl/α,β-unsaturated/α-hetero) is 4. The van der Waals surface area contributed by atoms with Crippen molar-refractivity contribution in [2.75, 3.05) is 0 Å². The molecule has 6 rings (SSSR count). The van der Waals surface area contributed by atoms with Crippen molar-refractivity contribution in [2.45, 2.75) is 31.4 Å². The number of hydrogen-bond acceptors (Lipinski definition) is 9. The lowest BCUT2D eigenvalue weighted by molar-refractivity contribution is -0.175. The third-order valence-corrected chi connectivity index (χ3v) is 8.56. The maximum Gasteiger partial charge on any atom is 0.261 e. The molecule has 4 aliphatic rings. The van der Waals surface area contributed by atoms with Gasteiger partial charge in [0.2, 0.25) is 5.91 Å². The van der Waals surface area contributed by atoms with E-state index in [0.29, 0.717) is 5.56 Å². The molecule has 0 saturated heterocycles. The van der Waals surface area contributed by atoms with Gasteiger partial charge in [-0.05, 0) is 36.5 Å². The predicted octanol–water partition coefficient (Wildman–Crippen LogP) is 0.123. The van der Waals surface area contributed by atoms with Gasteiger partial charge < -0.3 is 15.9 Å². The molecule has 39 heavy (non-hydrogen) atoms. The lowest BCUT2D eigenvalue weighted by Crippen LogP contribution is -2.68. The molecule has 4 N–H and O–H groups in total. The summed E-state index contributed by atoms with van der Waals surface area (Å²) >= 11 is 0. The van der Waals surface area contributed by atoms with E-state index < -0.39 is 82.3 Å². The quantitative estimate of drug-likeness (QED) is 0.366. The Morgan fingerprint density at radius 2 is 1.59 bits per heavy atom. The zero-order valence-corrected chi connectivity index (χ0v) is 20.4. The first kappa shape index (κ1) is 24.8. The van der Waals surface area contributed by atoms with E-state index in [9.17, 15) is 43.8 Å². The van der Waals surface area contributed by atoms with Gasteiger partial charge in [0.15, 0.2) is 34.7 Å². The normalized spacial score (nSPS) is 29.6. The zero-order valence-electron chi connectivity index (χ0n) is 20.4. The highest BCUT2D eigenvalue weighted by Crippen LogP contribution is 2.50. The molecule has 1 aliphatic heterocycles. The van der Waals surface area contributed by atoms with Crippen molar-refractivity contribution in [3.63, 3.8) is 0 Å². The highest BCUT2D eigenvalue weighted by molar-refractivity contribution is 6.31. The molecule has 11 nitrogen and oxygen atoms in total. The molecule has 0 spiro atoms. The standard InChI is InChI=1S/C28H22N2O9/c29-25(36)20-17(31)9-14-8-13-7-11-5-6-12(10-30-26(37)15-3-1-2-4-16(15)27(30)38)21(32)18(11)22(33)19(13)23(34)28(14,39)24(20)35/h1-6,13-14,19-20,32,39H,7-10H2,(H2,29,36)/t13-,14-,19?,20?,28-/m0/s1. The fourth-order valence-electron chi connectivity index (χ4n) is 6.67. The van der Waals surface area contributed by atoms with E-state index in [1.807, 2.05) is 0 Å². The molecule has 2 fully saturated rings. The van der Waals surface area contributed by atoms with Gasteiger partial charge in [-0.2, -0.15) is 0 Å². The largest absolute Gasteiger partial charge is 0.507 e. The van der Waals surface area contributed by atoms with E-state index in [1.165, 1.54) is 18.2 Å². The molecule has 198 valence electrons. The van der Waals surface area contributed by atoms with Gasteiger partial charge >= 0.3 is 0 Å². The molecule has 0 aromatic heterocycles. The van der Waals surface area contributed by atoms with Crippen LogP contribution in [0.15, 0.2) is 36.4 Å². The molecular formula is C28H22N2O9. The fraction of sp³-hybridized carbons (Fsp3) is 0.321. The Labute approximate surface area is 220 Å². The molecule has 3 amide bonds. The van der Waals surface area contributed by atoms with E-state index in [1.54, 1.807) is 18.2 Å². The molecule has 2 aromatic carbocycles. The first-order valence-corrected chi connectivity index (χ1v) is 12.4. The van der Waals surface area contributed by atoms with Gasteiger partial charge in [0.1, 0.15) is 5.75 Å². The van der Waals surface area contributed by atoms with Crippen molar-refractivity contribution < 1.29 is 43.8 Å². The van der Waals surface area contributed by atoms with E-state index in [4.69, 9.17) is 5.73 Å². The van der Waals surface area contributed by atoms with Crippen LogP contribution in [0.4, 0.5) is 0 Å². The number of primary amides is 1. The Morgan fingerprint density at radius 3 is 2.21 bits per heavy atom. The van der Waals surface area contributed by atoms with Crippen LogP contribution in [0.1, 0.15) is 55.0 Å². The van der Waals surface area contributed by atoms with E-state index in [0.717, 1.165) is 4.90 Å². The van der Waals surface area contributed by atoms with Crippen LogP contribution in [0, 0.1) is 23.7 Å². The number of rotatable bonds is 3. The molecule has 0 radical (unpaired) electrons. The Kier molecular flexibility index (Phi) is 5.24. The first-order valence-electron chi connectivity index (χ1n) is 12.4. The number of phenolic OH excluding ortho intramolecular Hbond substituents is 1. The van der Waals surface area contributed by atoms with Crippen molar-refractivity contribution in [2.24, 2.45) is 29.4 Å². The summed E-state index contributed by atoms with van der Waals surface area (Å²) in [6.07, 6.45) is -0.262. The number of hydrogen-bond donors (Lipinski definition) is 3. The number of nitrogens with zero attached hydrogens (tertiary/aromatic N) is 1. The number of carbonyl (C=O) groups is 7. The summed E-state index contributed by atoms with van der Waals surface area (Å²) in [4.78, 5) is 91.0. The molecule has 2 unspecified atom stereocenters. The Balaban J connectivity index is 1.35. The van der Waals surface area contributed by atoms with Crippen molar-refractivity contribution in [3.8, 4) is 5.75 Å². The van der Waals surface area contributed by atoms with Gasteiger partial charge in [-0.3, -0.25) is 38.5 Å². The van der Waals surface area contributed by atoms with Crippen LogP contribution in [-0.4, -0.2) is 61.6 Å². The van der Waals surface area contributed by atoms with Crippen LogP contribution in [0.5, 0.6) is 5.75 Å². The van der Waals surface area contributed by atoms with Crippen molar-refractivity contribution >= 4 is 40.9 Å². The molecule has 0 bridgehead atoms. The summed E-state index contributed by atoms with van der Waals surface area (Å²) in [6, 6.07) is 9.34. The number of ketones is 4. The number of benzene rings is 2. The van der Waals surface area contributed by atoms with Gasteiger partial charge in [0.05, 0.1) is 29.2 Å². The summed E-state index contributed by atoms with van der Waals surface area (Å²) in [5.74, 6) is -12.1. The van der Waals surface area contributed by atoms with Gasteiger partial charge in [0.25, 0.3) is 11.8 Å². The van der Waals surface area contributed by atoms with E-state index >= 15 is 0 Å². The minimum atomic E-state index is -2.73. The smallest absolute Gasteiger partial charge is 0.261 e. The van der Waals surface area contributed by atoms with Crippen LogP contribution in [-0.2, 0) is 32.1 Å². The second-order valence-electron chi connectivity index (χ2n) is 10.6. The number of carbonyl (C=O) groups excluding carboxylic acids is 7. The number of nitrogens with two attached hydrogens (primary N) is 1. The molecule has 3 aliphatic carbocycles. The lowest BCUT2D eigenvalue weighted by Gasteiger charge is -2.48. The lowest BCUT2D eigenvalue weighted by atomic mass is 9.54. The van der Waals surface area contributed by atoms with Crippen LogP contribution >= 0.6 is 0 Å². The maximum absolute atomic E-state index is 13.7.